The fourth-order valence-corrected chi connectivity index (χ4v) is 1.72. The summed E-state index contributed by atoms with van der Waals surface area (Å²) in [5.41, 5.74) is -1.31. The molecular weight excluding hydrogens is 184 g/mol. The SMILES string of the molecule is C#CCC[C@@H]1CC1(C(=O)O)C(=O)OC. The second kappa shape index (κ2) is 3.70. The number of esters is 1. The van der Waals surface area contributed by atoms with Gasteiger partial charge in [0.2, 0.25) is 0 Å². The Kier molecular flexibility index (Phi) is 2.80. The quantitative estimate of drug-likeness (QED) is 0.407. The van der Waals surface area contributed by atoms with Crippen LogP contribution in [-0.2, 0) is 14.3 Å². The number of aliphatic carboxylic acids is 1. The second-order valence-corrected chi connectivity index (χ2v) is 3.41. The summed E-state index contributed by atoms with van der Waals surface area (Å²) in [6, 6.07) is 0. The lowest BCUT2D eigenvalue weighted by Crippen LogP contribution is -2.29. The van der Waals surface area contributed by atoms with Gasteiger partial charge in [0, 0.05) is 6.42 Å². The van der Waals surface area contributed by atoms with Gasteiger partial charge < -0.3 is 9.84 Å². The predicted octanol–water partition coefficient (Wildman–Crippen LogP) is 0.664. The molecule has 0 aromatic rings. The van der Waals surface area contributed by atoms with Crippen molar-refractivity contribution in [2.75, 3.05) is 7.11 Å². The van der Waals surface area contributed by atoms with Gasteiger partial charge in [-0.15, -0.1) is 12.3 Å². The molecule has 14 heavy (non-hydrogen) atoms. The summed E-state index contributed by atoms with van der Waals surface area (Å²) in [6.45, 7) is 0. The molecule has 0 heterocycles. The Morgan fingerprint density at radius 2 is 2.36 bits per heavy atom. The number of carboxylic acids is 1. The highest BCUT2D eigenvalue weighted by Gasteiger charge is 2.66. The van der Waals surface area contributed by atoms with E-state index in [1.165, 1.54) is 7.11 Å². The molecule has 0 saturated heterocycles. The minimum atomic E-state index is -1.31. The van der Waals surface area contributed by atoms with Gasteiger partial charge in [-0.25, -0.2) is 0 Å². The fourth-order valence-electron chi connectivity index (χ4n) is 1.72. The Balaban J connectivity index is 2.67. The largest absolute Gasteiger partial charge is 0.480 e. The van der Waals surface area contributed by atoms with E-state index in [0.29, 0.717) is 19.3 Å². The summed E-state index contributed by atoms with van der Waals surface area (Å²) in [5, 5.41) is 8.92. The molecule has 0 aliphatic heterocycles. The Morgan fingerprint density at radius 1 is 1.71 bits per heavy atom. The number of ether oxygens (including phenoxy) is 1. The highest BCUT2D eigenvalue weighted by molar-refractivity contribution is 6.02. The van der Waals surface area contributed by atoms with Crippen LogP contribution in [0.2, 0.25) is 0 Å². The number of hydrogen-bond acceptors (Lipinski definition) is 3. The van der Waals surface area contributed by atoms with E-state index < -0.39 is 17.4 Å². The van der Waals surface area contributed by atoms with Crippen molar-refractivity contribution in [1.82, 2.24) is 0 Å². The van der Waals surface area contributed by atoms with Crippen LogP contribution in [0.5, 0.6) is 0 Å². The number of carbonyl (C=O) groups is 2. The van der Waals surface area contributed by atoms with Gasteiger partial charge in [-0.2, -0.15) is 0 Å². The third-order valence-corrected chi connectivity index (χ3v) is 2.67. The van der Waals surface area contributed by atoms with Crippen LogP contribution in [0.1, 0.15) is 19.3 Å². The molecule has 1 N–H and O–H groups in total. The third-order valence-electron chi connectivity index (χ3n) is 2.67. The van der Waals surface area contributed by atoms with Crippen molar-refractivity contribution in [3.63, 3.8) is 0 Å². The van der Waals surface area contributed by atoms with Crippen LogP contribution in [0.15, 0.2) is 0 Å². The zero-order chi connectivity index (χ0) is 10.8. The number of hydrogen-bond donors (Lipinski definition) is 1. The van der Waals surface area contributed by atoms with Crippen LogP contribution in [0.4, 0.5) is 0 Å². The van der Waals surface area contributed by atoms with Gasteiger partial charge in [0.25, 0.3) is 0 Å². The van der Waals surface area contributed by atoms with Crippen molar-refractivity contribution in [1.29, 1.82) is 0 Å². The molecule has 0 radical (unpaired) electrons. The number of rotatable bonds is 4. The Bertz CT molecular complexity index is 302. The zero-order valence-electron chi connectivity index (χ0n) is 7.95. The first kappa shape index (κ1) is 10.6. The molecular formula is C10H12O4. The average molecular weight is 196 g/mol. The molecule has 1 saturated carbocycles. The highest BCUT2D eigenvalue weighted by atomic mass is 16.5. The average Bonchev–Trinajstić information content (AvgIpc) is 2.89. The molecule has 0 aromatic carbocycles. The van der Waals surface area contributed by atoms with Crippen molar-refractivity contribution in [2.24, 2.45) is 11.3 Å². The van der Waals surface area contributed by atoms with E-state index in [-0.39, 0.29) is 5.92 Å². The summed E-state index contributed by atoms with van der Waals surface area (Å²) in [6.07, 6.45) is 6.47. The smallest absolute Gasteiger partial charge is 0.323 e. The van der Waals surface area contributed by atoms with Gasteiger partial charge in [-0.05, 0) is 18.8 Å². The molecule has 1 fully saturated rings. The number of carboxylic acid groups (broad SMARTS) is 1. The summed E-state index contributed by atoms with van der Waals surface area (Å²) in [7, 11) is 1.20. The van der Waals surface area contributed by atoms with Crippen LogP contribution < -0.4 is 0 Å². The Labute approximate surface area is 82.2 Å². The predicted molar refractivity (Wildman–Crippen MR) is 48.3 cm³/mol. The number of carbonyl (C=O) groups excluding carboxylic acids is 1. The van der Waals surface area contributed by atoms with Crippen molar-refractivity contribution in [3.05, 3.63) is 0 Å². The first-order valence-electron chi connectivity index (χ1n) is 4.35. The van der Waals surface area contributed by atoms with E-state index in [9.17, 15) is 9.59 Å². The molecule has 4 nitrogen and oxygen atoms in total. The minimum Gasteiger partial charge on any atom is -0.480 e. The molecule has 1 aliphatic carbocycles. The first-order chi connectivity index (χ1) is 6.59. The lowest BCUT2D eigenvalue weighted by molar-refractivity contribution is -0.160. The van der Waals surface area contributed by atoms with Gasteiger partial charge in [0.05, 0.1) is 7.11 Å². The molecule has 1 unspecified atom stereocenters. The zero-order valence-corrected chi connectivity index (χ0v) is 7.95. The van der Waals surface area contributed by atoms with Crippen molar-refractivity contribution in [3.8, 4) is 12.3 Å². The van der Waals surface area contributed by atoms with Crippen molar-refractivity contribution < 1.29 is 19.4 Å². The van der Waals surface area contributed by atoms with E-state index in [1.807, 2.05) is 0 Å². The normalized spacial score (nSPS) is 29.0. The first-order valence-corrected chi connectivity index (χ1v) is 4.35. The molecule has 0 aromatic heterocycles. The van der Waals surface area contributed by atoms with Crippen molar-refractivity contribution in [2.45, 2.75) is 19.3 Å². The summed E-state index contributed by atoms with van der Waals surface area (Å²) < 4.78 is 4.48. The van der Waals surface area contributed by atoms with Crippen LogP contribution in [0, 0.1) is 23.7 Å². The van der Waals surface area contributed by atoms with Gasteiger partial charge in [-0.3, -0.25) is 9.59 Å². The monoisotopic (exact) mass is 196 g/mol. The van der Waals surface area contributed by atoms with Crippen molar-refractivity contribution >= 4 is 11.9 Å². The molecule has 0 spiro atoms. The maximum Gasteiger partial charge on any atom is 0.323 e. The lowest BCUT2D eigenvalue weighted by Gasteiger charge is -2.08. The topological polar surface area (TPSA) is 63.6 Å². The molecule has 0 amide bonds. The highest BCUT2D eigenvalue weighted by Crippen LogP contribution is 2.56. The molecule has 1 aliphatic rings. The van der Waals surface area contributed by atoms with Gasteiger partial charge in [-0.1, -0.05) is 0 Å². The van der Waals surface area contributed by atoms with Crippen LogP contribution >= 0.6 is 0 Å². The van der Waals surface area contributed by atoms with Crippen LogP contribution in [0.3, 0.4) is 0 Å². The number of terminal acetylenes is 1. The van der Waals surface area contributed by atoms with E-state index in [4.69, 9.17) is 11.5 Å². The summed E-state index contributed by atoms with van der Waals surface area (Å²) in [4.78, 5) is 22.2. The van der Waals surface area contributed by atoms with E-state index in [1.54, 1.807) is 0 Å². The second-order valence-electron chi connectivity index (χ2n) is 3.41. The standard InChI is InChI=1S/C10H12O4/c1-3-4-5-7-6-10(7,8(11)12)9(13)14-2/h1,7H,4-6H2,2H3,(H,11,12)/t7-,10?/m1/s1. The molecule has 4 heteroatoms. The van der Waals surface area contributed by atoms with Gasteiger partial charge in [0.15, 0.2) is 5.41 Å². The van der Waals surface area contributed by atoms with Gasteiger partial charge >= 0.3 is 11.9 Å². The maximum atomic E-state index is 11.3. The Morgan fingerprint density at radius 3 is 2.79 bits per heavy atom. The van der Waals surface area contributed by atoms with Gasteiger partial charge in [0.1, 0.15) is 0 Å². The van der Waals surface area contributed by atoms with Crippen LogP contribution in [0.25, 0.3) is 0 Å². The van der Waals surface area contributed by atoms with E-state index in [0.717, 1.165) is 0 Å². The summed E-state index contributed by atoms with van der Waals surface area (Å²) >= 11 is 0. The van der Waals surface area contributed by atoms with Crippen LogP contribution in [-0.4, -0.2) is 24.2 Å². The maximum absolute atomic E-state index is 11.3. The number of methoxy groups -OCH3 is 1. The molecule has 76 valence electrons. The molecule has 1 rings (SSSR count). The summed E-state index contributed by atoms with van der Waals surface area (Å²) in [5.74, 6) is 0.499. The fraction of sp³-hybridized carbons (Fsp3) is 0.600. The molecule has 2 atom stereocenters. The van der Waals surface area contributed by atoms with E-state index >= 15 is 0 Å². The van der Waals surface area contributed by atoms with E-state index in [2.05, 4.69) is 10.7 Å². The third kappa shape index (κ3) is 1.46. The lowest BCUT2D eigenvalue weighted by atomic mass is 10.0. The minimum absolute atomic E-state index is 0.163. The molecule has 0 bridgehead atoms. The Hall–Kier alpha value is -1.50.